The van der Waals surface area contributed by atoms with Gasteiger partial charge >= 0.3 is 11.9 Å². The van der Waals surface area contributed by atoms with Gasteiger partial charge in [0.2, 0.25) is 10.0 Å². The molecule has 1 unspecified atom stereocenters. The van der Waals surface area contributed by atoms with Gasteiger partial charge in [-0.1, -0.05) is 13.8 Å². The van der Waals surface area contributed by atoms with Crippen molar-refractivity contribution >= 4 is 22.0 Å². The molecule has 0 heterocycles. The number of methoxy groups -OCH3 is 1. The van der Waals surface area contributed by atoms with E-state index in [9.17, 15) is 18.0 Å². The number of hydrogen-bond donors (Lipinski definition) is 2. The maximum absolute atomic E-state index is 11.8. The van der Waals surface area contributed by atoms with Crippen LogP contribution in [0.1, 0.15) is 27.2 Å². The Morgan fingerprint density at radius 2 is 1.78 bits per heavy atom. The third-order valence-electron chi connectivity index (χ3n) is 2.31. The van der Waals surface area contributed by atoms with Gasteiger partial charge in [0.05, 0.1) is 7.11 Å². The van der Waals surface area contributed by atoms with Gasteiger partial charge in [-0.25, -0.2) is 13.1 Å². The highest BCUT2D eigenvalue weighted by molar-refractivity contribution is 7.90. The van der Waals surface area contributed by atoms with E-state index in [1.165, 1.54) is 0 Å². The lowest BCUT2D eigenvalue weighted by Gasteiger charge is -2.18. The molecule has 0 bridgehead atoms. The van der Waals surface area contributed by atoms with Crippen molar-refractivity contribution in [3.8, 4) is 0 Å². The van der Waals surface area contributed by atoms with Crippen LogP contribution in [0.4, 0.5) is 0 Å². The molecule has 0 aliphatic carbocycles. The minimum absolute atomic E-state index is 0.00207. The number of carbonyl (C=O) groups excluding carboxylic acids is 1. The van der Waals surface area contributed by atoms with Crippen molar-refractivity contribution in [2.24, 2.45) is 5.92 Å². The van der Waals surface area contributed by atoms with E-state index in [-0.39, 0.29) is 12.3 Å². The van der Waals surface area contributed by atoms with Crippen LogP contribution in [-0.2, 0) is 24.3 Å². The number of esters is 1. The summed E-state index contributed by atoms with van der Waals surface area (Å²) < 4.78 is 29.8. The van der Waals surface area contributed by atoms with Crippen LogP contribution in [0.3, 0.4) is 0 Å². The second kappa shape index (κ2) is 6.69. The molecular weight excluding hydrogens is 262 g/mol. The quantitative estimate of drug-likeness (QED) is 0.634. The van der Waals surface area contributed by atoms with Gasteiger partial charge in [0.25, 0.3) is 0 Å². The number of carboxylic acids is 1. The fraction of sp³-hybridized carbons (Fsp3) is 0.800. The SMILES string of the molecule is COC(=O)C(C)S(=O)(=O)N[C@H](CC(C)C)C(=O)O. The number of sulfonamides is 1. The Hall–Kier alpha value is -1.15. The van der Waals surface area contributed by atoms with E-state index in [1.54, 1.807) is 13.8 Å². The van der Waals surface area contributed by atoms with Gasteiger partial charge < -0.3 is 9.84 Å². The first-order valence-electron chi connectivity index (χ1n) is 5.43. The first-order chi connectivity index (χ1) is 8.11. The summed E-state index contributed by atoms with van der Waals surface area (Å²) in [5.41, 5.74) is 0. The highest BCUT2D eigenvalue weighted by Gasteiger charge is 2.33. The van der Waals surface area contributed by atoms with Crippen molar-refractivity contribution < 1.29 is 27.9 Å². The summed E-state index contributed by atoms with van der Waals surface area (Å²) in [4.78, 5) is 22.1. The molecule has 0 aromatic rings. The largest absolute Gasteiger partial charge is 0.480 e. The predicted octanol–water partition coefficient (Wildman–Crippen LogP) is -0.0334. The second-order valence-corrected chi connectivity index (χ2v) is 6.38. The minimum Gasteiger partial charge on any atom is -0.480 e. The molecule has 106 valence electrons. The van der Waals surface area contributed by atoms with Crippen LogP contribution in [0, 0.1) is 5.92 Å². The molecule has 0 radical (unpaired) electrons. The van der Waals surface area contributed by atoms with E-state index in [1.807, 2.05) is 4.72 Å². The number of carbonyl (C=O) groups is 2. The third kappa shape index (κ3) is 5.01. The number of nitrogens with one attached hydrogen (secondary N) is 1. The molecule has 2 N–H and O–H groups in total. The van der Waals surface area contributed by atoms with E-state index in [4.69, 9.17) is 5.11 Å². The van der Waals surface area contributed by atoms with E-state index >= 15 is 0 Å². The van der Waals surface area contributed by atoms with Gasteiger partial charge in [0.15, 0.2) is 5.25 Å². The zero-order valence-electron chi connectivity index (χ0n) is 10.8. The van der Waals surface area contributed by atoms with Crippen molar-refractivity contribution in [2.75, 3.05) is 7.11 Å². The van der Waals surface area contributed by atoms with Gasteiger partial charge in [-0.3, -0.25) is 9.59 Å². The Morgan fingerprint density at radius 3 is 2.11 bits per heavy atom. The summed E-state index contributed by atoms with van der Waals surface area (Å²) >= 11 is 0. The molecule has 0 amide bonds. The topological polar surface area (TPSA) is 110 Å². The van der Waals surface area contributed by atoms with E-state index in [0.717, 1.165) is 14.0 Å². The Balaban J connectivity index is 4.92. The number of hydrogen-bond acceptors (Lipinski definition) is 5. The number of rotatable bonds is 7. The molecule has 0 saturated carbocycles. The van der Waals surface area contributed by atoms with Crippen molar-refractivity contribution in [1.82, 2.24) is 4.72 Å². The van der Waals surface area contributed by atoms with Crippen LogP contribution in [0.15, 0.2) is 0 Å². The predicted molar refractivity (Wildman–Crippen MR) is 64.4 cm³/mol. The number of aliphatic carboxylic acids is 1. The molecule has 0 fully saturated rings. The molecule has 18 heavy (non-hydrogen) atoms. The normalized spacial score (nSPS) is 15.2. The summed E-state index contributed by atoms with van der Waals surface area (Å²) in [6, 6.07) is -1.25. The summed E-state index contributed by atoms with van der Waals surface area (Å²) in [5.74, 6) is -2.21. The smallest absolute Gasteiger partial charge is 0.325 e. The van der Waals surface area contributed by atoms with Crippen LogP contribution >= 0.6 is 0 Å². The third-order valence-corrected chi connectivity index (χ3v) is 4.05. The maximum Gasteiger partial charge on any atom is 0.325 e. The van der Waals surface area contributed by atoms with Gasteiger partial charge in [0.1, 0.15) is 6.04 Å². The van der Waals surface area contributed by atoms with Crippen molar-refractivity contribution in [3.05, 3.63) is 0 Å². The maximum atomic E-state index is 11.8. The van der Waals surface area contributed by atoms with E-state index < -0.39 is 33.3 Å². The number of carboxylic acid groups (broad SMARTS) is 1. The van der Waals surface area contributed by atoms with Crippen molar-refractivity contribution in [1.29, 1.82) is 0 Å². The Morgan fingerprint density at radius 1 is 1.28 bits per heavy atom. The zero-order chi connectivity index (χ0) is 14.5. The lowest BCUT2D eigenvalue weighted by molar-refractivity contribution is -0.141. The zero-order valence-corrected chi connectivity index (χ0v) is 11.7. The highest BCUT2D eigenvalue weighted by atomic mass is 32.2. The second-order valence-electron chi connectivity index (χ2n) is 4.35. The summed E-state index contributed by atoms with van der Waals surface area (Å²) in [6.45, 7) is 4.68. The molecule has 0 aromatic carbocycles. The molecule has 0 rings (SSSR count). The van der Waals surface area contributed by atoms with E-state index in [2.05, 4.69) is 4.74 Å². The highest BCUT2D eigenvalue weighted by Crippen LogP contribution is 2.09. The van der Waals surface area contributed by atoms with Gasteiger partial charge in [-0.2, -0.15) is 0 Å². The summed E-state index contributed by atoms with van der Waals surface area (Å²) in [5, 5.41) is 7.47. The molecule has 7 nitrogen and oxygen atoms in total. The van der Waals surface area contributed by atoms with Crippen LogP contribution < -0.4 is 4.72 Å². The van der Waals surface area contributed by atoms with Gasteiger partial charge in [-0.15, -0.1) is 0 Å². The average molecular weight is 281 g/mol. The Bertz CT molecular complexity index is 403. The standard InChI is InChI=1S/C10H19NO6S/c1-6(2)5-8(9(12)13)11-18(15,16)7(3)10(14)17-4/h6-8,11H,5H2,1-4H3,(H,12,13)/t7?,8-/m1/s1. The van der Waals surface area contributed by atoms with Gasteiger partial charge in [-0.05, 0) is 19.3 Å². The van der Waals surface area contributed by atoms with Crippen LogP contribution in [0.2, 0.25) is 0 Å². The molecule has 0 saturated heterocycles. The molecule has 2 atom stereocenters. The first-order valence-corrected chi connectivity index (χ1v) is 6.98. The summed E-state index contributed by atoms with van der Waals surface area (Å²) in [7, 11) is -3.00. The molecule has 0 spiro atoms. The van der Waals surface area contributed by atoms with Crippen molar-refractivity contribution in [2.45, 2.75) is 38.5 Å². The minimum atomic E-state index is -4.07. The van der Waals surface area contributed by atoms with Crippen molar-refractivity contribution in [3.63, 3.8) is 0 Å². The van der Waals surface area contributed by atoms with Crippen LogP contribution in [-0.4, -0.2) is 43.9 Å². The molecular formula is C10H19NO6S. The summed E-state index contributed by atoms with van der Waals surface area (Å²) in [6.07, 6.45) is 0.141. The fourth-order valence-corrected chi connectivity index (χ4v) is 2.41. The molecule has 0 aliphatic heterocycles. The number of ether oxygens (including phenoxy) is 1. The molecule has 0 aromatic heterocycles. The Labute approximate surface area is 107 Å². The molecule has 0 aliphatic rings. The van der Waals surface area contributed by atoms with Crippen LogP contribution in [0.25, 0.3) is 0 Å². The van der Waals surface area contributed by atoms with Gasteiger partial charge in [0, 0.05) is 0 Å². The fourth-order valence-electron chi connectivity index (χ4n) is 1.26. The van der Waals surface area contributed by atoms with Crippen LogP contribution in [0.5, 0.6) is 0 Å². The average Bonchev–Trinajstić information content (AvgIpc) is 2.24. The molecule has 8 heteroatoms. The van der Waals surface area contributed by atoms with E-state index in [0.29, 0.717) is 0 Å². The first kappa shape index (κ1) is 16.9. The lowest BCUT2D eigenvalue weighted by Crippen LogP contribution is -2.47. The Kier molecular flexibility index (Phi) is 6.27. The monoisotopic (exact) mass is 281 g/mol. The lowest BCUT2D eigenvalue weighted by atomic mass is 10.1.